The molecule has 0 heterocycles. The summed E-state index contributed by atoms with van der Waals surface area (Å²) in [6.45, 7) is 5.55. The minimum atomic E-state index is 0. The molecule has 1 amide bonds. The van der Waals surface area contributed by atoms with Gasteiger partial charge in [-0.2, -0.15) is 0 Å². The van der Waals surface area contributed by atoms with Gasteiger partial charge in [-0.15, -0.1) is 0 Å². The molecule has 0 radical (unpaired) electrons. The monoisotopic (exact) mass is 229 g/mol. The number of carbonyl (C=O) groups excluding carboxylic acids is 1. The van der Waals surface area contributed by atoms with Crippen molar-refractivity contribution in [3.8, 4) is 0 Å². The second kappa shape index (κ2) is 11.5. The number of rotatable bonds is 3. The molecule has 0 aromatic heterocycles. The fourth-order valence-electron chi connectivity index (χ4n) is 0.373. The summed E-state index contributed by atoms with van der Waals surface area (Å²) in [5, 5.41) is 0. The van der Waals surface area contributed by atoms with E-state index in [2.05, 4.69) is 0 Å². The molecule has 46 valence electrons. The molecule has 0 saturated heterocycles. The fraction of sp³-hybridized carbons (Fsp3) is 0.800. The van der Waals surface area contributed by atoms with E-state index in [-0.39, 0.29) is 39.0 Å². The molecule has 0 N–H and O–H groups in total. The molecule has 0 atom stereocenters. The van der Waals surface area contributed by atoms with E-state index >= 15 is 0 Å². The fourth-order valence-corrected chi connectivity index (χ4v) is 0.373. The first-order valence-corrected chi connectivity index (χ1v) is 2.54. The van der Waals surface area contributed by atoms with Crippen molar-refractivity contribution in [3.05, 3.63) is 0 Å². The van der Waals surface area contributed by atoms with Gasteiger partial charge in [0.05, 0.1) is 0 Å². The van der Waals surface area contributed by atoms with Crippen molar-refractivity contribution < 1.29 is 43.8 Å². The number of amides is 1. The first kappa shape index (κ1) is 16.4. The zero-order valence-electron chi connectivity index (χ0n) is 6.26. The van der Waals surface area contributed by atoms with Crippen LogP contribution in [0.2, 0.25) is 0 Å². The Labute approximate surface area is 81.9 Å². The predicted octanol–water partition coefficient (Wildman–Crippen LogP) is 0.480. The van der Waals surface area contributed by atoms with Gasteiger partial charge >= 0.3 is 0 Å². The van der Waals surface area contributed by atoms with Gasteiger partial charge in [0.1, 0.15) is 0 Å². The standard InChI is InChI=1S/C5H11NO.2Zn/c1-3-6(4-2)5-7;;/h5H,3-4H2,1-2H3;;. The van der Waals surface area contributed by atoms with Gasteiger partial charge in [0.15, 0.2) is 0 Å². The van der Waals surface area contributed by atoms with Crippen LogP contribution in [0.5, 0.6) is 0 Å². The summed E-state index contributed by atoms with van der Waals surface area (Å²) in [5.41, 5.74) is 0. The maximum absolute atomic E-state index is 9.89. The number of hydrogen-bond donors (Lipinski definition) is 0. The largest absolute Gasteiger partial charge is 0.346 e. The predicted molar refractivity (Wildman–Crippen MR) is 29.0 cm³/mol. The summed E-state index contributed by atoms with van der Waals surface area (Å²) in [6.07, 6.45) is 0.861. The molecule has 0 aliphatic heterocycles. The molecule has 0 rings (SSSR count). The Morgan fingerprint density at radius 1 is 1.22 bits per heavy atom. The maximum Gasteiger partial charge on any atom is 0.209 e. The van der Waals surface area contributed by atoms with Crippen LogP contribution in [0.3, 0.4) is 0 Å². The summed E-state index contributed by atoms with van der Waals surface area (Å²) in [5.74, 6) is 0. The zero-order chi connectivity index (χ0) is 5.70. The van der Waals surface area contributed by atoms with Crippen LogP contribution in [0, 0.1) is 0 Å². The molecule has 0 fully saturated rings. The normalized spacial score (nSPS) is 6.44. The molecular formula is C5H11NOZn2. The Bertz CT molecular complexity index is 56.9. The molecule has 9 heavy (non-hydrogen) atoms. The minimum absolute atomic E-state index is 0. The maximum atomic E-state index is 9.89. The summed E-state index contributed by atoms with van der Waals surface area (Å²) in [7, 11) is 0. The summed E-state index contributed by atoms with van der Waals surface area (Å²) >= 11 is 0. The van der Waals surface area contributed by atoms with E-state index in [1.165, 1.54) is 0 Å². The first-order valence-electron chi connectivity index (χ1n) is 2.54. The van der Waals surface area contributed by atoms with Crippen LogP contribution in [0.4, 0.5) is 0 Å². The van der Waals surface area contributed by atoms with Crippen LogP contribution in [-0.4, -0.2) is 24.4 Å². The molecule has 0 aromatic rings. The van der Waals surface area contributed by atoms with Gasteiger partial charge in [0.2, 0.25) is 6.41 Å². The van der Waals surface area contributed by atoms with Crippen LogP contribution in [0.1, 0.15) is 13.8 Å². The second-order valence-electron chi connectivity index (χ2n) is 1.33. The second-order valence-corrected chi connectivity index (χ2v) is 1.33. The van der Waals surface area contributed by atoms with Crippen LogP contribution in [0.25, 0.3) is 0 Å². The van der Waals surface area contributed by atoms with Gasteiger partial charge in [0.25, 0.3) is 0 Å². The Balaban J connectivity index is -0.000000180. The zero-order valence-corrected chi connectivity index (χ0v) is 12.2. The average Bonchev–Trinajstić information content (AvgIpc) is 1.72. The van der Waals surface area contributed by atoms with Gasteiger partial charge in [-0.3, -0.25) is 4.79 Å². The van der Waals surface area contributed by atoms with Crippen molar-refractivity contribution in [2.24, 2.45) is 0 Å². The van der Waals surface area contributed by atoms with Gasteiger partial charge in [-0.25, -0.2) is 0 Å². The average molecular weight is 232 g/mol. The Hall–Kier alpha value is 0.717. The topological polar surface area (TPSA) is 20.3 Å². The van der Waals surface area contributed by atoms with Crippen molar-refractivity contribution in [2.75, 3.05) is 13.1 Å². The molecule has 0 aromatic carbocycles. The van der Waals surface area contributed by atoms with E-state index in [1.807, 2.05) is 13.8 Å². The molecule has 0 unspecified atom stereocenters. The van der Waals surface area contributed by atoms with Gasteiger partial charge in [-0.05, 0) is 13.8 Å². The third-order valence-electron chi connectivity index (χ3n) is 0.961. The van der Waals surface area contributed by atoms with Crippen LogP contribution >= 0.6 is 0 Å². The summed E-state index contributed by atoms with van der Waals surface area (Å²) in [6, 6.07) is 0. The molecule has 0 bridgehead atoms. The number of nitrogens with zero attached hydrogens (tertiary/aromatic N) is 1. The minimum Gasteiger partial charge on any atom is -0.346 e. The smallest absolute Gasteiger partial charge is 0.209 e. The van der Waals surface area contributed by atoms with Crippen LogP contribution < -0.4 is 0 Å². The molecule has 0 aliphatic carbocycles. The van der Waals surface area contributed by atoms with Crippen molar-refractivity contribution in [1.29, 1.82) is 0 Å². The summed E-state index contributed by atoms with van der Waals surface area (Å²) in [4.78, 5) is 11.6. The van der Waals surface area contributed by atoms with Crippen molar-refractivity contribution in [2.45, 2.75) is 13.8 Å². The Morgan fingerprint density at radius 3 is 1.56 bits per heavy atom. The van der Waals surface area contributed by atoms with Crippen molar-refractivity contribution in [1.82, 2.24) is 4.90 Å². The number of hydrogen-bond acceptors (Lipinski definition) is 1. The number of carbonyl (C=O) groups is 1. The van der Waals surface area contributed by atoms with E-state index < -0.39 is 0 Å². The van der Waals surface area contributed by atoms with Gasteiger partial charge in [-0.1, -0.05) is 0 Å². The van der Waals surface area contributed by atoms with E-state index in [4.69, 9.17) is 0 Å². The third-order valence-corrected chi connectivity index (χ3v) is 0.961. The van der Waals surface area contributed by atoms with Gasteiger partial charge in [0, 0.05) is 52.0 Å². The Morgan fingerprint density at radius 2 is 1.56 bits per heavy atom. The van der Waals surface area contributed by atoms with E-state index in [1.54, 1.807) is 4.90 Å². The molecule has 2 nitrogen and oxygen atoms in total. The third kappa shape index (κ3) is 8.72. The Kier molecular flexibility index (Phi) is 20.9. The molecule has 4 heteroatoms. The van der Waals surface area contributed by atoms with Gasteiger partial charge < -0.3 is 4.90 Å². The summed E-state index contributed by atoms with van der Waals surface area (Å²) < 4.78 is 0. The molecular weight excluding hydrogens is 221 g/mol. The van der Waals surface area contributed by atoms with Crippen LogP contribution in [-0.2, 0) is 43.8 Å². The van der Waals surface area contributed by atoms with E-state index in [0.29, 0.717) is 0 Å². The van der Waals surface area contributed by atoms with Crippen LogP contribution in [0.15, 0.2) is 0 Å². The van der Waals surface area contributed by atoms with E-state index in [0.717, 1.165) is 19.5 Å². The molecule has 0 saturated carbocycles. The van der Waals surface area contributed by atoms with Crippen molar-refractivity contribution >= 4 is 6.41 Å². The molecule has 0 spiro atoms. The molecule has 0 aliphatic rings. The van der Waals surface area contributed by atoms with Crippen molar-refractivity contribution in [3.63, 3.8) is 0 Å². The quantitative estimate of drug-likeness (QED) is 0.511. The first-order chi connectivity index (χ1) is 3.35. The van der Waals surface area contributed by atoms with E-state index in [9.17, 15) is 4.79 Å². The SMILES string of the molecule is CCN(C=O)CC.[Zn].[Zn].